The Morgan fingerprint density at radius 1 is 1.05 bits per heavy atom. The highest BCUT2D eigenvalue weighted by atomic mass is 35.5. The quantitative estimate of drug-likeness (QED) is 0.851. The van der Waals surface area contributed by atoms with Gasteiger partial charge in [-0.1, -0.05) is 61.0 Å². The first-order chi connectivity index (χ1) is 10.1. The van der Waals surface area contributed by atoms with Gasteiger partial charge in [-0.3, -0.25) is 4.79 Å². The number of rotatable bonds is 5. The van der Waals surface area contributed by atoms with Crippen molar-refractivity contribution in [2.24, 2.45) is 0 Å². The molecule has 2 unspecified atom stereocenters. The van der Waals surface area contributed by atoms with Gasteiger partial charge in [0.05, 0.1) is 6.04 Å². The lowest BCUT2D eigenvalue weighted by atomic mass is 9.97. The van der Waals surface area contributed by atoms with Crippen LogP contribution < -0.4 is 5.32 Å². The van der Waals surface area contributed by atoms with E-state index in [1.165, 1.54) is 5.56 Å². The molecule has 0 fully saturated rings. The molecular weight excluding hydrogens is 282 g/mol. The van der Waals surface area contributed by atoms with Gasteiger partial charge in [0.2, 0.25) is 5.91 Å². The van der Waals surface area contributed by atoms with E-state index in [0.29, 0.717) is 11.4 Å². The van der Waals surface area contributed by atoms with Crippen LogP contribution in [0.1, 0.15) is 43.4 Å². The van der Waals surface area contributed by atoms with Gasteiger partial charge in [0.15, 0.2) is 0 Å². The van der Waals surface area contributed by atoms with Gasteiger partial charge in [0.1, 0.15) is 0 Å². The number of nitrogens with one attached hydrogen (secondary N) is 1. The molecule has 2 atom stereocenters. The second-order valence-electron chi connectivity index (χ2n) is 5.36. The fraction of sp³-hybridized carbons (Fsp3) is 0.278. The largest absolute Gasteiger partial charge is 0.350 e. The van der Waals surface area contributed by atoms with Crippen LogP contribution in [0.3, 0.4) is 0 Å². The summed E-state index contributed by atoms with van der Waals surface area (Å²) in [5, 5.41) is 3.71. The van der Waals surface area contributed by atoms with E-state index >= 15 is 0 Å². The van der Waals surface area contributed by atoms with Gasteiger partial charge in [-0.25, -0.2) is 0 Å². The lowest BCUT2D eigenvalue weighted by Gasteiger charge is -2.17. The summed E-state index contributed by atoms with van der Waals surface area (Å²) < 4.78 is 0. The summed E-state index contributed by atoms with van der Waals surface area (Å²) >= 11 is 5.98. The van der Waals surface area contributed by atoms with Crippen LogP contribution in [0.15, 0.2) is 54.6 Å². The number of carbonyl (C=O) groups excluding carboxylic acids is 1. The molecule has 3 heteroatoms. The average Bonchev–Trinajstić information content (AvgIpc) is 2.48. The van der Waals surface area contributed by atoms with E-state index in [9.17, 15) is 4.79 Å². The van der Waals surface area contributed by atoms with Gasteiger partial charge in [-0.15, -0.1) is 0 Å². The van der Waals surface area contributed by atoms with Crippen LogP contribution in [0.4, 0.5) is 0 Å². The highest BCUT2D eigenvalue weighted by Crippen LogP contribution is 2.20. The van der Waals surface area contributed by atoms with E-state index in [2.05, 4.69) is 24.4 Å². The number of benzene rings is 2. The summed E-state index contributed by atoms with van der Waals surface area (Å²) in [5.74, 6) is 0.261. The Kier molecular flexibility index (Phi) is 5.40. The predicted octanol–water partition coefficient (Wildman–Crippen LogP) is 4.71. The third-order valence-electron chi connectivity index (χ3n) is 3.59. The fourth-order valence-corrected chi connectivity index (χ4v) is 2.54. The van der Waals surface area contributed by atoms with Crippen molar-refractivity contribution in [3.63, 3.8) is 0 Å². The topological polar surface area (TPSA) is 29.1 Å². The molecule has 0 aliphatic carbocycles. The SMILES string of the molecule is CC(CC(=O)NC(C)c1cccc(Cl)c1)c1ccccc1. The highest BCUT2D eigenvalue weighted by molar-refractivity contribution is 6.30. The van der Waals surface area contributed by atoms with Crippen molar-refractivity contribution >= 4 is 17.5 Å². The first-order valence-corrected chi connectivity index (χ1v) is 7.54. The van der Waals surface area contributed by atoms with Crippen molar-refractivity contribution < 1.29 is 4.79 Å². The first kappa shape index (κ1) is 15.6. The third kappa shape index (κ3) is 4.61. The van der Waals surface area contributed by atoms with Crippen LogP contribution in [-0.4, -0.2) is 5.91 Å². The summed E-state index contributed by atoms with van der Waals surface area (Å²) in [6.07, 6.45) is 0.481. The van der Waals surface area contributed by atoms with Crippen molar-refractivity contribution in [1.29, 1.82) is 0 Å². The maximum atomic E-state index is 12.2. The van der Waals surface area contributed by atoms with Crippen LogP contribution in [0.25, 0.3) is 0 Å². The zero-order chi connectivity index (χ0) is 15.2. The van der Waals surface area contributed by atoms with Crippen LogP contribution in [0.5, 0.6) is 0 Å². The normalized spacial score (nSPS) is 13.5. The number of halogens is 1. The Bertz CT molecular complexity index is 597. The molecule has 1 amide bonds. The molecule has 0 radical (unpaired) electrons. The van der Waals surface area contributed by atoms with E-state index in [1.807, 2.05) is 49.4 Å². The first-order valence-electron chi connectivity index (χ1n) is 7.16. The van der Waals surface area contributed by atoms with Gasteiger partial charge in [0.25, 0.3) is 0 Å². The molecule has 0 spiro atoms. The zero-order valence-electron chi connectivity index (χ0n) is 12.3. The Hall–Kier alpha value is -1.80. The third-order valence-corrected chi connectivity index (χ3v) is 3.82. The van der Waals surface area contributed by atoms with E-state index in [4.69, 9.17) is 11.6 Å². The maximum Gasteiger partial charge on any atom is 0.221 e. The second kappa shape index (κ2) is 7.28. The van der Waals surface area contributed by atoms with Crippen molar-refractivity contribution in [2.45, 2.75) is 32.2 Å². The summed E-state index contributed by atoms with van der Waals surface area (Å²) in [6, 6.07) is 17.6. The molecule has 110 valence electrons. The van der Waals surface area contributed by atoms with Crippen molar-refractivity contribution in [3.05, 3.63) is 70.7 Å². The molecule has 2 aromatic rings. The minimum absolute atomic E-state index is 0.0424. The lowest BCUT2D eigenvalue weighted by molar-refractivity contribution is -0.122. The maximum absolute atomic E-state index is 12.2. The van der Waals surface area contributed by atoms with E-state index in [1.54, 1.807) is 0 Å². The molecule has 1 N–H and O–H groups in total. The van der Waals surface area contributed by atoms with Crippen LogP contribution in [-0.2, 0) is 4.79 Å². The molecule has 0 aromatic heterocycles. The molecular formula is C18H20ClNO. The Balaban J connectivity index is 1.92. The zero-order valence-corrected chi connectivity index (χ0v) is 13.1. The van der Waals surface area contributed by atoms with E-state index < -0.39 is 0 Å². The molecule has 2 rings (SSSR count). The molecule has 0 aliphatic rings. The monoisotopic (exact) mass is 301 g/mol. The average molecular weight is 302 g/mol. The van der Waals surface area contributed by atoms with Crippen LogP contribution >= 0.6 is 11.6 Å². The summed E-state index contributed by atoms with van der Waals surface area (Å²) in [4.78, 5) is 12.2. The molecule has 0 aliphatic heterocycles. The molecule has 0 heterocycles. The number of carbonyl (C=O) groups is 1. The number of hydrogen-bond donors (Lipinski definition) is 1. The molecule has 2 aromatic carbocycles. The van der Waals surface area contributed by atoms with Gasteiger partial charge in [-0.2, -0.15) is 0 Å². The fourth-order valence-electron chi connectivity index (χ4n) is 2.34. The van der Waals surface area contributed by atoms with Crippen LogP contribution in [0.2, 0.25) is 5.02 Å². The summed E-state index contributed by atoms with van der Waals surface area (Å²) in [7, 11) is 0. The Labute approximate surface area is 131 Å². The Morgan fingerprint density at radius 2 is 1.71 bits per heavy atom. The minimum Gasteiger partial charge on any atom is -0.350 e. The van der Waals surface area contributed by atoms with E-state index in [0.717, 1.165) is 5.56 Å². The number of hydrogen-bond acceptors (Lipinski definition) is 1. The molecule has 0 bridgehead atoms. The molecule has 2 nitrogen and oxygen atoms in total. The van der Waals surface area contributed by atoms with Gasteiger partial charge in [-0.05, 0) is 36.1 Å². The van der Waals surface area contributed by atoms with Crippen molar-refractivity contribution in [1.82, 2.24) is 5.32 Å². The predicted molar refractivity (Wildman–Crippen MR) is 87.5 cm³/mol. The van der Waals surface area contributed by atoms with Crippen molar-refractivity contribution in [3.8, 4) is 0 Å². The second-order valence-corrected chi connectivity index (χ2v) is 5.80. The van der Waals surface area contributed by atoms with E-state index in [-0.39, 0.29) is 17.9 Å². The summed E-state index contributed by atoms with van der Waals surface area (Å²) in [5.41, 5.74) is 2.20. The van der Waals surface area contributed by atoms with Gasteiger partial charge < -0.3 is 5.32 Å². The standard InChI is InChI=1S/C18H20ClNO/c1-13(15-7-4-3-5-8-15)11-18(21)20-14(2)16-9-6-10-17(19)12-16/h3-10,12-14H,11H2,1-2H3,(H,20,21). The molecule has 21 heavy (non-hydrogen) atoms. The number of amides is 1. The minimum atomic E-state index is -0.0424. The lowest BCUT2D eigenvalue weighted by Crippen LogP contribution is -2.27. The Morgan fingerprint density at radius 3 is 2.38 bits per heavy atom. The smallest absolute Gasteiger partial charge is 0.221 e. The van der Waals surface area contributed by atoms with Crippen molar-refractivity contribution in [2.75, 3.05) is 0 Å². The molecule has 0 saturated heterocycles. The highest BCUT2D eigenvalue weighted by Gasteiger charge is 2.14. The van der Waals surface area contributed by atoms with Gasteiger partial charge in [0, 0.05) is 11.4 Å². The molecule has 0 saturated carbocycles. The van der Waals surface area contributed by atoms with Crippen LogP contribution in [0, 0.1) is 0 Å². The summed E-state index contributed by atoms with van der Waals surface area (Å²) in [6.45, 7) is 4.04. The van der Waals surface area contributed by atoms with Gasteiger partial charge >= 0.3 is 0 Å².